The Bertz CT molecular complexity index is 527. The summed E-state index contributed by atoms with van der Waals surface area (Å²) in [7, 11) is 0. The van der Waals surface area contributed by atoms with E-state index < -0.39 is 0 Å². The lowest BCUT2D eigenvalue weighted by Crippen LogP contribution is -3.00. The van der Waals surface area contributed by atoms with Crippen LogP contribution in [-0.2, 0) is 6.42 Å². The Balaban J connectivity index is 0.00000220. The van der Waals surface area contributed by atoms with Crippen molar-refractivity contribution in [3.05, 3.63) is 71.8 Å². The van der Waals surface area contributed by atoms with E-state index in [2.05, 4.69) is 36.5 Å². The normalized spacial score (nSPS) is 11.5. The van der Waals surface area contributed by atoms with Gasteiger partial charge in [-0.05, 0) is 12.5 Å². The van der Waals surface area contributed by atoms with Crippen molar-refractivity contribution in [1.29, 1.82) is 0 Å². The second-order valence-electron chi connectivity index (χ2n) is 5.23. The molecule has 21 heavy (non-hydrogen) atoms. The number of quaternary nitrogens is 1. The maximum Gasteiger partial charge on any atom is 0.168 e. The summed E-state index contributed by atoms with van der Waals surface area (Å²) in [6.07, 6.45) is 1.64. The number of rotatable bonds is 7. The highest BCUT2D eigenvalue weighted by Crippen LogP contribution is 2.02. The number of nitrogens with two attached hydrogens (primary N) is 1. The molecule has 0 heterocycles. The van der Waals surface area contributed by atoms with Crippen molar-refractivity contribution in [3.63, 3.8) is 0 Å². The summed E-state index contributed by atoms with van der Waals surface area (Å²) in [5.41, 5.74) is 2.17. The van der Waals surface area contributed by atoms with E-state index in [0.717, 1.165) is 18.5 Å². The number of carbonyl (C=O) groups is 1. The number of hydrogen-bond acceptors (Lipinski definition) is 1. The van der Waals surface area contributed by atoms with Gasteiger partial charge in [0.25, 0.3) is 0 Å². The van der Waals surface area contributed by atoms with Gasteiger partial charge in [0.05, 0.1) is 19.0 Å². The van der Waals surface area contributed by atoms with Crippen LogP contribution in [0.3, 0.4) is 0 Å². The summed E-state index contributed by atoms with van der Waals surface area (Å²) in [5.74, 6) is 0.230. The molecule has 0 radical (unpaired) electrons. The van der Waals surface area contributed by atoms with E-state index >= 15 is 0 Å². The zero-order valence-electron chi connectivity index (χ0n) is 12.3. The van der Waals surface area contributed by atoms with Gasteiger partial charge in [-0.1, -0.05) is 60.7 Å². The standard InChI is InChI=1S/C18H21NO.ClH/c1-15(14-16-8-4-2-5-9-16)19-13-12-18(20)17-10-6-3-7-11-17;/h2-11,15,19H,12-14H2,1H3;1H. The third-order valence-electron chi connectivity index (χ3n) is 3.44. The summed E-state index contributed by atoms with van der Waals surface area (Å²) < 4.78 is 0. The van der Waals surface area contributed by atoms with Gasteiger partial charge in [-0.15, -0.1) is 0 Å². The molecule has 0 fully saturated rings. The lowest BCUT2D eigenvalue weighted by molar-refractivity contribution is -0.684. The van der Waals surface area contributed by atoms with E-state index in [9.17, 15) is 4.79 Å². The van der Waals surface area contributed by atoms with Crippen LogP contribution in [0.15, 0.2) is 60.7 Å². The Kier molecular flexibility index (Phi) is 7.73. The molecule has 0 aliphatic rings. The van der Waals surface area contributed by atoms with Gasteiger partial charge in [-0.3, -0.25) is 4.79 Å². The minimum absolute atomic E-state index is 0. The van der Waals surface area contributed by atoms with E-state index in [-0.39, 0.29) is 18.2 Å². The molecule has 2 aromatic rings. The largest absolute Gasteiger partial charge is 1.00 e. The minimum atomic E-state index is 0. The van der Waals surface area contributed by atoms with Gasteiger partial charge in [-0.2, -0.15) is 0 Å². The maximum atomic E-state index is 12.0. The summed E-state index contributed by atoms with van der Waals surface area (Å²) in [6.45, 7) is 3.06. The van der Waals surface area contributed by atoms with Gasteiger partial charge in [0.2, 0.25) is 0 Å². The molecule has 0 aliphatic carbocycles. The number of carbonyl (C=O) groups excluding carboxylic acids is 1. The number of benzene rings is 2. The van der Waals surface area contributed by atoms with Crippen LogP contribution < -0.4 is 17.7 Å². The molecule has 2 N–H and O–H groups in total. The van der Waals surface area contributed by atoms with Gasteiger partial charge in [0.1, 0.15) is 0 Å². The molecular formula is C18H22ClNO. The minimum Gasteiger partial charge on any atom is -1.00 e. The molecule has 2 nitrogen and oxygen atoms in total. The molecule has 1 unspecified atom stereocenters. The van der Waals surface area contributed by atoms with E-state index in [1.807, 2.05) is 36.4 Å². The molecule has 0 spiro atoms. The highest BCUT2D eigenvalue weighted by molar-refractivity contribution is 5.95. The molecular weight excluding hydrogens is 282 g/mol. The summed E-state index contributed by atoms with van der Waals surface area (Å²) in [5, 5.41) is 2.26. The Labute approximate surface area is 133 Å². The average Bonchev–Trinajstić information content (AvgIpc) is 2.49. The van der Waals surface area contributed by atoms with E-state index in [1.54, 1.807) is 0 Å². The van der Waals surface area contributed by atoms with Crippen LogP contribution >= 0.6 is 0 Å². The summed E-state index contributed by atoms with van der Waals surface area (Å²) in [6, 6.07) is 20.5. The van der Waals surface area contributed by atoms with Gasteiger partial charge in [0, 0.05) is 12.0 Å². The fraction of sp³-hybridized carbons (Fsp3) is 0.278. The maximum absolute atomic E-state index is 12.0. The first-order valence-electron chi connectivity index (χ1n) is 7.21. The van der Waals surface area contributed by atoms with Crippen LogP contribution in [0, 0.1) is 0 Å². The molecule has 2 rings (SSSR count). The first kappa shape index (κ1) is 17.4. The number of Topliss-reactive ketones (excluding diaryl/α,β-unsaturated/α-hetero) is 1. The fourth-order valence-corrected chi connectivity index (χ4v) is 2.34. The molecule has 0 saturated carbocycles. The highest BCUT2D eigenvalue weighted by atomic mass is 35.5. The third kappa shape index (κ3) is 6.11. The van der Waals surface area contributed by atoms with Crippen LogP contribution in [0.5, 0.6) is 0 Å². The van der Waals surface area contributed by atoms with Crippen molar-refractivity contribution in [2.45, 2.75) is 25.8 Å². The average molecular weight is 304 g/mol. The second kappa shape index (κ2) is 9.32. The topological polar surface area (TPSA) is 33.7 Å². The third-order valence-corrected chi connectivity index (χ3v) is 3.44. The molecule has 112 valence electrons. The zero-order chi connectivity index (χ0) is 14.2. The van der Waals surface area contributed by atoms with Crippen LogP contribution in [0.4, 0.5) is 0 Å². The molecule has 0 bridgehead atoms. The SMILES string of the molecule is CC(Cc1ccccc1)[NH2+]CCC(=O)c1ccccc1.[Cl-]. The molecule has 0 aromatic heterocycles. The quantitative estimate of drug-likeness (QED) is 0.685. The zero-order valence-corrected chi connectivity index (χ0v) is 13.1. The molecule has 0 amide bonds. The number of hydrogen-bond donors (Lipinski definition) is 1. The predicted octanol–water partition coefficient (Wildman–Crippen LogP) is -0.542. The van der Waals surface area contributed by atoms with Gasteiger partial charge < -0.3 is 17.7 Å². The van der Waals surface area contributed by atoms with Crippen molar-refractivity contribution in [1.82, 2.24) is 0 Å². The van der Waals surface area contributed by atoms with E-state index in [1.165, 1.54) is 5.56 Å². The van der Waals surface area contributed by atoms with Crippen LogP contribution in [0.25, 0.3) is 0 Å². The van der Waals surface area contributed by atoms with Crippen molar-refractivity contribution in [2.75, 3.05) is 6.54 Å². The number of halogens is 1. The molecule has 0 aliphatic heterocycles. The number of ketones is 1. The van der Waals surface area contributed by atoms with E-state index in [0.29, 0.717) is 12.5 Å². The molecule has 2 aromatic carbocycles. The van der Waals surface area contributed by atoms with Gasteiger partial charge in [0.15, 0.2) is 5.78 Å². The van der Waals surface area contributed by atoms with Crippen LogP contribution in [-0.4, -0.2) is 18.4 Å². The lowest BCUT2D eigenvalue weighted by atomic mass is 10.1. The Morgan fingerprint density at radius 1 is 1.00 bits per heavy atom. The van der Waals surface area contributed by atoms with Crippen molar-refractivity contribution in [2.24, 2.45) is 0 Å². The first-order valence-corrected chi connectivity index (χ1v) is 7.21. The van der Waals surface area contributed by atoms with Gasteiger partial charge >= 0.3 is 0 Å². The van der Waals surface area contributed by atoms with Crippen molar-refractivity contribution in [3.8, 4) is 0 Å². The van der Waals surface area contributed by atoms with Crippen LogP contribution in [0.2, 0.25) is 0 Å². The Hall–Kier alpha value is -1.64. The van der Waals surface area contributed by atoms with Gasteiger partial charge in [-0.25, -0.2) is 0 Å². The summed E-state index contributed by atoms with van der Waals surface area (Å²) >= 11 is 0. The molecule has 0 saturated heterocycles. The lowest BCUT2D eigenvalue weighted by Gasteiger charge is -2.10. The monoisotopic (exact) mass is 303 g/mol. The Morgan fingerprint density at radius 2 is 1.57 bits per heavy atom. The highest BCUT2D eigenvalue weighted by Gasteiger charge is 2.09. The summed E-state index contributed by atoms with van der Waals surface area (Å²) in [4.78, 5) is 12.0. The predicted molar refractivity (Wildman–Crippen MR) is 81.8 cm³/mol. The fourth-order valence-electron chi connectivity index (χ4n) is 2.34. The first-order chi connectivity index (χ1) is 9.75. The smallest absolute Gasteiger partial charge is 0.168 e. The van der Waals surface area contributed by atoms with Crippen molar-refractivity contribution < 1.29 is 22.5 Å². The molecule has 1 atom stereocenters. The second-order valence-corrected chi connectivity index (χ2v) is 5.23. The van der Waals surface area contributed by atoms with E-state index in [4.69, 9.17) is 0 Å². The Morgan fingerprint density at radius 3 is 2.19 bits per heavy atom. The molecule has 3 heteroatoms. The van der Waals surface area contributed by atoms with Crippen LogP contribution in [0.1, 0.15) is 29.3 Å². The van der Waals surface area contributed by atoms with Crippen molar-refractivity contribution >= 4 is 5.78 Å².